The minimum atomic E-state index is -0.613. The molecule has 0 aliphatic heterocycles. The van der Waals surface area contributed by atoms with Crippen molar-refractivity contribution in [3.8, 4) is 0 Å². The van der Waals surface area contributed by atoms with E-state index >= 15 is 0 Å². The van der Waals surface area contributed by atoms with E-state index in [-0.39, 0.29) is 19.1 Å². The number of aliphatic hydroxyl groups is 1. The number of nitrogens with two attached hydrogens (primary N) is 1. The number of amides is 1. The zero-order valence-corrected chi connectivity index (χ0v) is 9.70. The van der Waals surface area contributed by atoms with Gasteiger partial charge in [0.15, 0.2) is 0 Å². The number of hydrogen-bond donors (Lipinski definition) is 3. The van der Waals surface area contributed by atoms with E-state index in [1.807, 2.05) is 17.5 Å². The molecule has 0 aliphatic rings. The number of rotatable bonds is 7. The summed E-state index contributed by atoms with van der Waals surface area (Å²) in [5.74, 6) is -0.213. The minimum absolute atomic E-state index is 0.0113. The van der Waals surface area contributed by atoms with E-state index in [0.29, 0.717) is 13.2 Å². The van der Waals surface area contributed by atoms with Crippen LogP contribution in [0.2, 0.25) is 0 Å². The third-order valence-corrected chi connectivity index (χ3v) is 2.87. The van der Waals surface area contributed by atoms with Gasteiger partial charge in [-0.05, 0) is 11.4 Å². The highest BCUT2D eigenvalue weighted by molar-refractivity contribution is 7.10. The molecule has 0 bridgehead atoms. The summed E-state index contributed by atoms with van der Waals surface area (Å²) >= 11 is 1.46. The summed E-state index contributed by atoms with van der Waals surface area (Å²) in [4.78, 5) is 12.4. The molecule has 1 rings (SSSR count). The van der Waals surface area contributed by atoms with E-state index in [9.17, 15) is 4.79 Å². The molecule has 0 saturated heterocycles. The Kier molecular flexibility index (Phi) is 6.02. The molecule has 1 unspecified atom stereocenters. The number of carbonyl (C=O) groups excluding carboxylic acids is 1. The number of aliphatic hydroxyl groups excluding tert-OH is 1. The highest BCUT2D eigenvalue weighted by Crippen LogP contribution is 2.16. The van der Waals surface area contributed by atoms with Crippen LogP contribution in [-0.4, -0.2) is 37.4 Å². The molecule has 0 radical (unpaired) electrons. The van der Waals surface area contributed by atoms with E-state index in [2.05, 4.69) is 5.32 Å². The molecule has 1 aromatic heterocycles. The quantitative estimate of drug-likeness (QED) is 0.583. The van der Waals surface area contributed by atoms with Crippen molar-refractivity contribution in [3.63, 3.8) is 0 Å². The summed E-state index contributed by atoms with van der Waals surface area (Å²) in [5, 5.41) is 13.0. The van der Waals surface area contributed by atoms with Gasteiger partial charge >= 0.3 is 0 Å². The highest BCUT2D eigenvalue weighted by atomic mass is 32.1. The Morgan fingerprint density at radius 1 is 1.62 bits per heavy atom. The van der Waals surface area contributed by atoms with Gasteiger partial charge in [0.1, 0.15) is 6.04 Å². The maximum absolute atomic E-state index is 11.5. The first kappa shape index (κ1) is 13.1. The lowest BCUT2D eigenvalue weighted by molar-refractivity contribution is -0.122. The van der Waals surface area contributed by atoms with Gasteiger partial charge in [-0.3, -0.25) is 4.79 Å². The molecular formula is C10H16N2O3S. The summed E-state index contributed by atoms with van der Waals surface area (Å²) in [7, 11) is 0. The first-order chi connectivity index (χ1) is 7.75. The predicted octanol–water partition coefficient (Wildman–Crippen LogP) is -0.127. The van der Waals surface area contributed by atoms with Gasteiger partial charge < -0.3 is 20.9 Å². The number of nitrogens with one attached hydrogen (secondary N) is 1. The monoisotopic (exact) mass is 244 g/mol. The fourth-order valence-corrected chi connectivity index (χ4v) is 1.85. The van der Waals surface area contributed by atoms with Gasteiger partial charge in [0.2, 0.25) is 5.91 Å². The molecule has 4 N–H and O–H groups in total. The average Bonchev–Trinajstić information content (AvgIpc) is 2.81. The van der Waals surface area contributed by atoms with Crippen molar-refractivity contribution in [2.45, 2.75) is 6.04 Å². The van der Waals surface area contributed by atoms with Crippen LogP contribution in [0, 0.1) is 0 Å². The highest BCUT2D eigenvalue weighted by Gasteiger charge is 2.15. The summed E-state index contributed by atoms with van der Waals surface area (Å²) in [6.07, 6.45) is 0. The molecule has 1 amide bonds. The van der Waals surface area contributed by atoms with Crippen LogP contribution < -0.4 is 11.1 Å². The van der Waals surface area contributed by atoms with Crippen LogP contribution in [0.15, 0.2) is 17.5 Å². The molecule has 90 valence electrons. The van der Waals surface area contributed by atoms with E-state index in [1.165, 1.54) is 11.3 Å². The van der Waals surface area contributed by atoms with Crippen molar-refractivity contribution < 1.29 is 14.6 Å². The molecule has 1 atom stereocenters. The van der Waals surface area contributed by atoms with Crippen LogP contribution in [0.5, 0.6) is 0 Å². The standard InChI is InChI=1S/C10H16N2O3S/c11-9(8-2-1-7-16-8)10(14)12-3-5-15-6-4-13/h1-2,7,9,13H,3-6,11H2,(H,12,14). The lowest BCUT2D eigenvalue weighted by Crippen LogP contribution is -2.35. The molecule has 0 spiro atoms. The molecule has 6 heteroatoms. The van der Waals surface area contributed by atoms with Crippen LogP contribution in [0.25, 0.3) is 0 Å². The van der Waals surface area contributed by atoms with E-state index in [0.717, 1.165) is 4.88 Å². The van der Waals surface area contributed by atoms with Crippen LogP contribution in [0.3, 0.4) is 0 Å². The molecular weight excluding hydrogens is 228 g/mol. The Hall–Kier alpha value is -0.950. The average molecular weight is 244 g/mol. The van der Waals surface area contributed by atoms with E-state index in [1.54, 1.807) is 0 Å². The predicted molar refractivity (Wildman–Crippen MR) is 62.2 cm³/mol. The molecule has 1 heterocycles. The van der Waals surface area contributed by atoms with Crippen LogP contribution in [0.1, 0.15) is 10.9 Å². The molecule has 0 fully saturated rings. The van der Waals surface area contributed by atoms with Gasteiger partial charge in [-0.25, -0.2) is 0 Å². The van der Waals surface area contributed by atoms with E-state index < -0.39 is 6.04 Å². The van der Waals surface area contributed by atoms with Crippen LogP contribution >= 0.6 is 11.3 Å². The van der Waals surface area contributed by atoms with Crippen molar-refractivity contribution in [1.29, 1.82) is 0 Å². The normalized spacial score (nSPS) is 12.4. The van der Waals surface area contributed by atoms with Gasteiger partial charge in [-0.15, -0.1) is 11.3 Å². The smallest absolute Gasteiger partial charge is 0.242 e. The summed E-state index contributed by atoms with van der Waals surface area (Å²) in [5.41, 5.74) is 5.74. The zero-order chi connectivity index (χ0) is 11.8. The molecule has 5 nitrogen and oxygen atoms in total. The minimum Gasteiger partial charge on any atom is -0.394 e. The first-order valence-electron chi connectivity index (χ1n) is 5.01. The molecule has 1 aromatic rings. The Bertz CT molecular complexity index is 303. The fourth-order valence-electron chi connectivity index (χ4n) is 1.12. The summed E-state index contributed by atoms with van der Waals surface area (Å²) < 4.78 is 5.00. The lowest BCUT2D eigenvalue weighted by atomic mass is 10.2. The third kappa shape index (κ3) is 4.28. The van der Waals surface area contributed by atoms with Gasteiger partial charge in [0.25, 0.3) is 0 Å². The Labute approximate surface area is 98.2 Å². The fraction of sp³-hybridized carbons (Fsp3) is 0.500. The second-order valence-electron chi connectivity index (χ2n) is 3.12. The van der Waals surface area contributed by atoms with Crippen LogP contribution in [-0.2, 0) is 9.53 Å². The van der Waals surface area contributed by atoms with Crippen molar-refractivity contribution in [2.24, 2.45) is 5.73 Å². The summed E-state index contributed by atoms with van der Waals surface area (Å²) in [6.45, 7) is 1.05. The van der Waals surface area contributed by atoms with Gasteiger partial charge in [-0.2, -0.15) is 0 Å². The number of ether oxygens (including phenoxy) is 1. The van der Waals surface area contributed by atoms with E-state index in [4.69, 9.17) is 15.6 Å². The van der Waals surface area contributed by atoms with Gasteiger partial charge in [0.05, 0.1) is 19.8 Å². The zero-order valence-electron chi connectivity index (χ0n) is 8.89. The number of hydrogen-bond acceptors (Lipinski definition) is 5. The van der Waals surface area contributed by atoms with Crippen molar-refractivity contribution in [2.75, 3.05) is 26.4 Å². The third-order valence-electron chi connectivity index (χ3n) is 1.91. The maximum Gasteiger partial charge on any atom is 0.242 e. The van der Waals surface area contributed by atoms with Gasteiger partial charge in [0, 0.05) is 11.4 Å². The van der Waals surface area contributed by atoms with Crippen molar-refractivity contribution in [3.05, 3.63) is 22.4 Å². The lowest BCUT2D eigenvalue weighted by Gasteiger charge is -2.10. The van der Waals surface area contributed by atoms with Crippen LogP contribution in [0.4, 0.5) is 0 Å². The molecule has 0 aliphatic carbocycles. The maximum atomic E-state index is 11.5. The topological polar surface area (TPSA) is 84.6 Å². The largest absolute Gasteiger partial charge is 0.394 e. The van der Waals surface area contributed by atoms with Crippen molar-refractivity contribution in [1.82, 2.24) is 5.32 Å². The number of carbonyl (C=O) groups is 1. The molecule has 0 aromatic carbocycles. The Morgan fingerprint density at radius 2 is 2.44 bits per heavy atom. The first-order valence-corrected chi connectivity index (χ1v) is 5.89. The Balaban J connectivity index is 2.20. The molecule has 0 saturated carbocycles. The second-order valence-corrected chi connectivity index (χ2v) is 4.10. The SMILES string of the molecule is NC(C(=O)NCCOCCO)c1cccs1. The van der Waals surface area contributed by atoms with Crippen molar-refractivity contribution >= 4 is 17.2 Å². The second kappa shape index (κ2) is 7.34. The number of thiophene rings is 1. The Morgan fingerprint density at radius 3 is 3.06 bits per heavy atom. The summed E-state index contributed by atoms with van der Waals surface area (Å²) in [6, 6.07) is 3.08. The molecule has 16 heavy (non-hydrogen) atoms. The van der Waals surface area contributed by atoms with Gasteiger partial charge in [-0.1, -0.05) is 6.07 Å².